The van der Waals surface area contributed by atoms with Gasteiger partial charge in [0.25, 0.3) is 0 Å². The molecule has 1 aromatic rings. The summed E-state index contributed by atoms with van der Waals surface area (Å²) in [6, 6.07) is 2.81. The molecule has 0 radical (unpaired) electrons. The van der Waals surface area contributed by atoms with Crippen LogP contribution in [0.4, 0.5) is 0 Å². The fraction of sp³-hybridized carbons (Fsp3) is 0.706. The van der Waals surface area contributed by atoms with Crippen molar-refractivity contribution in [1.29, 1.82) is 0 Å². The van der Waals surface area contributed by atoms with Gasteiger partial charge < -0.3 is 5.11 Å². The Morgan fingerprint density at radius 2 is 2.05 bits per heavy atom. The molecule has 2 heterocycles. The SMILES string of the molecule is Cc1cncc(CN2CCCC2C2CCCCC2O)c1. The van der Waals surface area contributed by atoms with E-state index in [1.165, 1.54) is 49.8 Å². The molecule has 3 nitrogen and oxygen atoms in total. The van der Waals surface area contributed by atoms with E-state index in [9.17, 15) is 5.11 Å². The van der Waals surface area contributed by atoms with Gasteiger partial charge in [-0.3, -0.25) is 9.88 Å². The van der Waals surface area contributed by atoms with Gasteiger partial charge in [0.1, 0.15) is 0 Å². The van der Waals surface area contributed by atoms with E-state index in [1.54, 1.807) is 0 Å². The van der Waals surface area contributed by atoms with Gasteiger partial charge in [-0.05, 0) is 50.3 Å². The fourth-order valence-electron chi connectivity index (χ4n) is 4.06. The quantitative estimate of drug-likeness (QED) is 0.920. The van der Waals surface area contributed by atoms with Crippen molar-refractivity contribution in [2.75, 3.05) is 6.54 Å². The maximum atomic E-state index is 10.3. The van der Waals surface area contributed by atoms with Gasteiger partial charge >= 0.3 is 0 Å². The third-order valence-corrected chi connectivity index (χ3v) is 5.01. The van der Waals surface area contributed by atoms with Gasteiger partial charge in [0.15, 0.2) is 0 Å². The van der Waals surface area contributed by atoms with Crippen molar-refractivity contribution in [2.24, 2.45) is 5.92 Å². The number of likely N-dealkylation sites (tertiary alicyclic amines) is 1. The van der Waals surface area contributed by atoms with Gasteiger partial charge in [-0.25, -0.2) is 0 Å². The molecule has 2 aliphatic rings. The minimum absolute atomic E-state index is 0.0787. The van der Waals surface area contributed by atoms with Crippen LogP contribution in [0.15, 0.2) is 18.5 Å². The van der Waals surface area contributed by atoms with Crippen molar-refractivity contribution in [3.63, 3.8) is 0 Å². The number of aryl methyl sites for hydroxylation is 1. The third kappa shape index (κ3) is 3.04. The van der Waals surface area contributed by atoms with Crippen LogP contribution in [-0.4, -0.2) is 33.7 Å². The number of hydrogen-bond donors (Lipinski definition) is 1. The van der Waals surface area contributed by atoms with E-state index >= 15 is 0 Å². The molecule has 3 heteroatoms. The van der Waals surface area contributed by atoms with Crippen LogP contribution in [0, 0.1) is 12.8 Å². The van der Waals surface area contributed by atoms with Crippen LogP contribution in [0.5, 0.6) is 0 Å². The van der Waals surface area contributed by atoms with E-state index in [-0.39, 0.29) is 6.10 Å². The van der Waals surface area contributed by atoms with Gasteiger partial charge in [0, 0.05) is 30.9 Å². The first-order chi connectivity index (χ1) is 9.74. The monoisotopic (exact) mass is 274 g/mol. The molecule has 1 aliphatic heterocycles. The van der Waals surface area contributed by atoms with Crippen LogP contribution in [0.3, 0.4) is 0 Å². The van der Waals surface area contributed by atoms with Gasteiger partial charge in [0.05, 0.1) is 6.10 Å². The predicted octanol–water partition coefficient (Wildman–Crippen LogP) is 2.91. The molecule has 3 rings (SSSR count). The number of aliphatic hydroxyl groups is 1. The molecule has 0 spiro atoms. The van der Waals surface area contributed by atoms with E-state index in [2.05, 4.69) is 22.9 Å². The fourth-order valence-corrected chi connectivity index (χ4v) is 4.06. The lowest BCUT2D eigenvalue weighted by atomic mass is 9.80. The Kier molecular flexibility index (Phi) is 4.37. The number of pyridine rings is 1. The Morgan fingerprint density at radius 1 is 1.20 bits per heavy atom. The van der Waals surface area contributed by atoms with Gasteiger partial charge in [-0.1, -0.05) is 18.9 Å². The molecule has 1 aromatic heterocycles. The highest BCUT2D eigenvalue weighted by Gasteiger charge is 2.36. The minimum atomic E-state index is -0.0787. The molecule has 3 atom stereocenters. The zero-order chi connectivity index (χ0) is 13.9. The second-order valence-corrected chi connectivity index (χ2v) is 6.57. The summed E-state index contributed by atoms with van der Waals surface area (Å²) in [4.78, 5) is 6.88. The summed E-state index contributed by atoms with van der Waals surface area (Å²) in [5.41, 5.74) is 2.54. The van der Waals surface area contributed by atoms with Gasteiger partial charge in [0.2, 0.25) is 0 Å². The van der Waals surface area contributed by atoms with E-state index in [1.807, 2.05) is 12.4 Å². The summed E-state index contributed by atoms with van der Waals surface area (Å²) < 4.78 is 0. The predicted molar refractivity (Wildman–Crippen MR) is 80.4 cm³/mol. The second kappa shape index (κ2) is 6.23. The third-order valence-electron chi connectivity index (χ3n) is 5.01. The Balaban J connectivity index is 1.69. The highest BCUT2D eigenvalue weighted by atomic mass is 16.3. The molecule has 1 N–H and O–H groups in total. The zero-order valence-corrected chi connectivity index (χ0v) is 12.5. The van der Waals surface area contributed by atoms with Crippen molar-refractivity contribution >= 4 is 0 Å². The Bertz CT molecular complexity index is 448. The average Bonchev–Trinajstić information content (AvgIpc) is 2.87. The first-order valence-electron chi connectivity index (χ1n) is 8.06. The van der Waals surface area contributed by atoms with Crippen LogP contribution in [0.2, 0.25) is 0 Å². The van der Waals surface area contributed by atoms with E-state index in [0.29, 0.717) is 12.0 Å². The van der Waals surface area contributed by atoms with Crippen molar-refractivity contribution in [3.05, 3.63) is 29.6 Å². The summed E-state index contributed by atoms with van der Waals surface area (Å²) in [6.07, 6.45) is 11.0. The number of aromatic nitrogens is 1. The molecule has 110 valence electrons. The topological polar surface area (TPSA) is 36.4 Å². The smallest absolute Gasteiger partial charge is 0.0583 e. The van der Waals surface area contributed by atoms with Gasteiger partial charge in [-0.2, -0.15) is 0 Å². The second-order valence-electron chi connectivity index (χ2n) is 6.57. The van der Waals surface area contributed by atoms with Crippen molar-refractivity contribution in [2.45, 2.75) is 64.1 Å². The van der Waals surface area contributed by atoms with Crippen LogP contribution in [0.1, 0.15) is 49.7 Å². The largest absolute Gasteiger partial charge is 0.393 e. The molecule has 0 amide bonds. The van der Waals surface area contributed by atoms with E-state index in [0.717, 1.165) is 13.0 Å². The Morgan fingerprint density at radius 3 is 2.85 bits per heavy atom. The first kappa shape index (κ1) is 14.0. The summed E-state index contributed by atoms with van der Waals surface area (Å²) in [7, 11) is 0. The number of hydrogen-bond acceptors (Lipinski definition) is 3. The van der Waals surface area contributed by atoms with Crippen LogP contribution >= 0.6 is 0 Å². The van der Waals surface area contributed by atoms with Crippen LogP contribution in [-0.2, 0) is 6.54 Å². The molecule has 0 bridgehead atoms. The molecule has 1 saturated heterocycles. The van der Waals surface area contributed by atoms with Crippen molar-refractivity contribution in [1.82, 2.24) is 9.88 Å². The number of nitrogens with zero attached hydrogens (tertiary/aromatic N) is 2. The molecule has 20 heavy (non-hydrogen) atoms. The van der Waals surface area contributed by atoms with Crippen LogP contribution < -0.4 is 0 Å². The van der Waals surface area contributed by atoms with Crippen molar-refractivity contribution in [3.8, 4) is 0 Å². The Hall–Kier alpha value is -0.930. The van der Waals surface area contributed by atoms with E-state index in [4.69, 9.17) is 0 Å². The molecule has 1 saturated carbocycles. The average molecular weight is 274 g/mol. The van der Waals surface area contributed by atoms with Gasteiger partial charge in [-0.15, -0.1) is 0 Å². The molecule has 2 fully saturated rings. The molecule has 0 aromatic carbocycles. The molecular formula is C17H26N2O. The molecule has 1 aliphatic carbocycles. The normalized spacial score (nSPS) is 31.6. The lowest BCUT2D eigenvalue weighted by molar-refractivity contribution is 0.0201. The standard InChI is InChI=1S/C17H26N2O/c1-13-9-14(11-18-10-13)12-19-8-4-6-16(19)15-5-2-3-7-17(15)20/h9-11,15-17,20H,2-8,12H2,1H3. The van der Waals surface area contributed by atoms with Crippen LogP contribution in [0.25, 0.3) is 0 Å². The van der Waals surface area contributed by atoms with Crippen molar-refractivity contribution < 1.29 is 5.11 Å². The lowest BCUT2D eigenvalue weighted by Gasteiger charge is -2.37. The Labute approximate surface area is 122 Å². The molecule has 3 unspecified atom stereocenters. The summed E-state index contributed by atoms with van der Waals surface area (Å²) in [5.74, 6) is 0.490. The molecular weight excluding hydrogens is 248 g/mol. The maximum Gasteiger partial charge on any atom is 0.0583 e. The summed E-state index contributed by atoms with van der Waals surface area (Å²) in [5, 5.41) is 10.3. The number of rotatable bonds is 3. The highest BCUT2D eigenvalue weighted by molar-refractivity contribution is 5.16. The maximum absolute atomic E-state index is 10.3. The van der Waals surface area contributed by atoms with E-state index < -0.39 is 0 Å². The first-order valence-corrected chi connectivity index (χ1v) is 8.06. The lowest BCUT2D eigenvalue weighted by Crippen LogP contribution is -2.42. The highest BCUT2D eigenvalue weighted by Crippen LogP contribution is 2.35. The number of aliphatic hydroxyl groups excluding tert-OH is 1. The summed E-state index contributed by atoms with van der Waals surface area (Å²) in [6.45, 7) is 4.26. The minimum Gasteiger partial charge on any atom is -0.393 e. The summed E-state index contributed by atoms with van der Waals surface area (Å²) >= 11 is 0. The zero-order valence-electron chi connectivity index (χ0n) is 12.5.